The van der Waals surface area contributed by atoms with Gasteiger partial charge in [-0.2, -0.15) is 4.98 Å². The van der Waals surface area contributed by atoms with E-state index in [4.69, 9.17) is 4.52 Å². The van der Waals surface area contributed by atoms with E-state index >= 15 is 0 Å². The number of carbonyl (C=O) groups excluding carboxylic acids is 1. The van der Waals surface area contributed by atoms with E-state index in [1.807, 2.05) is 23.9 Å². The number of amides is 1. The number of aromatic nitrogens is 2. The highest BCUT2D eigenvalue weighted by atomic mass is 16.5. The second-order valence-corrected chi connectivity index (χ2v) is 8.02. The van der Waals surface area contributed by atoms with Gasteiger partial charge in [0, 0.05) is 24.9 Å². The molecule has 1 aromatic heterocycles. The number of likely N-dealkylation sites (N-methyl/N-ethyl adjacent to an activating group) is 1. The Hall–Kier alpha value is -2.21. The van der Waals surface area contributed by atoms with Crippen molar-refractivity contribution in [3.05, 3.63) is 47.1 Å². The van der Waals surface area contributed by atoms with Crippen molar-refractivity contribution in [1.82, 2.24) is 19.9 Å². The average Bonchev–Trinajstić information content (AvgIpc) is 3.14. The number of hydrogen-bond donors (Lipinski definition) is 0. The summed E-state index contributed by atoms with van der Waals surface area (Å²) in [4.78, 5) is 21.7. The minimum absolute atomic E-state index is 0.163. The lowest BCUT2D eigenvalue weighted by atomic mass is 9.95. The fourth-order valence-electron chi connectivity index (χ4n) is 3.58. The fraction of sp³-hybridized carbons (Fsp3) is 0.571. The van der Waals surface area contributed by atoms with Gasteiger partial charge < -0.3 is 9.42 Å². The van der Waals surface area contributed by atoms with Gasteiger partial charge in [0.1, 0.15) is 6.04 Å². The van der Waals surface area contributed by atoms with Crippen LogP contribution in [0.2, 0.25) is 0 Å². The van der Waals surface area contributed by atoms with Gasteiger partial charge in [0.25, 0.3) is 0 Å². The smallest absolute Gasteiger partial charge is 0.244 e. The van der Waals surface area contributed by atoms with Crippen molar-refractivity contribution in [2.75, 3.05) is 27.2 Å². The maximum Gasteiger partial charge on any atom is 0.244 e. The van der Waals surface area contributed by atoms with Crippen molar-refractivity contribution in [2.45, 2.75) is 51.5 Å². The van der Waals surface area contributed by atoms with E-state index in [1.165, 1.54) is 5.56 Å². The van der Waals surface area contributed by atoms with Crippen molar-refractivity contribution in [1.29, 1.82) is 0 Å². The third-order valence-corrected chi connectivity index (χ3v) is 5.27. The molecular formula is C21H30N4O2. The largest absolute Gasteiger partial charge is 0.341 e. The lowest BCUT2D eigenvalue weighted by Gasteiger charge is -2.35. The van der Waals surface area contributed by atoms with E-state index in [1.54, 1.807) is 0 Å². The molecule has 1 aromatic carbocycles. The molecule has 0 N–H and O–H groups in total. The minimum atomic E-state index is -0.252. The predicted octanol–water partition coefficient (Wildman–Crippen LogP) is 3.51. The van der Waals surface area contributed by atoms with Crippen LogP contribution in [0.1, 0.15) is 67.4 Å². The minimum Gasteiger partial charge on any atom is -0.341 e. The number of carbonyl (C=O) groups is 1. The van der Waals surface area contributed by atoms with Crippen molar-refractivity contribution < 1.29 is 9.32 Å². The Balaban J connectivity index is 1.66. The topological polar surface area (TPSA) is 62.5 Å². The zero-order valence-corrected chi connectivity index (χ0v) is 17.0. The monoisotopic (exact) mass is 370 g/mol. The van der Waals surface area contributed by atoms with Crippen LogP contribution in [0.3, 0.4) is 0 Å². The number of rotatable bonds is 5. The summed E-state index contributed by atoms with van der Waals surface area (Å²) in [6.07, 6.45) is 1.72. The van der Waals surface area contributed by atoms with E-state index in [0.717, 1.165) is 37.3 Å². The number of benzene rings is 1. The molecule has 1 amide bonds. The van der Waals surface area contributed by atoms with Crippen molar-refractivity contribution >= 4 is 5.91 Å². The van der Waals surface area contributed by atoms with Crippen LogP contribution in [-0.4, -0.2) is 53.0 Å². The van der Waals surface area contributed by atoms with E-state index in [2.05, 4.69) is 55.2 Å². The zero-order chi connectivity index (χ0) is 19.6. The molecule has 0 saturated carbocycles. The van der Waals surface area contributed by atoms with E-state index in [0.29, 0.717) is 5.89 Å². The molecule has 1 atom stereocenters. The molecule has 6 nitrogen and oxygen atoms in total. The molecule has 0 unspecified atom stereocenters. The van der Waals surface area contributed by atoms with Crippen LogP contribution < -0.4 is 0 Å². The molecule has 2 aromatic rings. The van der Waals surface area contributed by atoms with Gasteiger partial charge in [0.2, 0.25) is 11.8 Å². The summed E-state index contributed by atoms with van der Waals surface area (Å²) < 4.78 is 5.45. The summed E-state index contributed by atoms with van der Waals surface area (Å²) in [5.41, 5.74) is 2.24. The molecule has 1 saturated heterocycles. The van der Waals surface area contributed by atoms with Gasteiger partial charge in [0.05, 0.1) is 0 Å². The Labute approximate surface area is 161 Å². The summed E-state index contributed by atoms with van der Waals surface area (Å²) in [5, 5.41) is 4.07. The maximum absolute atomic E-state index is 13.2. The highest BCUT2D eigenvalue weighted by molar-refractivity contribution is 5.83. The Bertz CT molecular complexity index is 759. The molecular weight excluding hydrogens is 340 g/mol. The highest BCUT2D eigenvalue weighted by Crippen LogP contribution is 2.30. The second kappa shape index (κ2) is 8.21. The highest BCUT2D eigenvalue weighted by Gasteiger charge is 2.32. The Kier molecular flexibility index (Phi) is 5.95. The van der Waals surface area contributed by atoms with Crippen LogP contribution in [0.25, 0.3) is 0 Å². The van der Waals surface area contributed by atoms with Gasteiger partial charge in [-0.3, -0.25) is 9.69 Å². The summed E-state index contributed by atoms with van der Waals surface area (Å²) >= 11 is 0. The summed E-state index contributed by atoms with van der Waals surface area (Å²) in [7, 11) is 3.92. The summed E-state index contributed by atoms with van der Waals surface area (Å²) in [5.74, 6) is 2.14. The lowest BCUT2D eigenvalue weighted by Crippen LogP contribution is -2.44. The Morgan fingerprint density at radius 1 is 1.19 bits per heavy atom. The maximum atomic E-state index is 13.2. The van der Waals surface area contributed by atoms with Crippen molar-refractivity contribution in [3.63, 3.8) is 0 Å². The molecule has 1 aliphatic rings. The first-order valence-corrected chi connectivity index (χ1v) is 9.72. The normalized spacial score (nSPS) is 16.9. The Morgan fingerprint density at radius 3 is 2.33 bits per heavy atom. The van der Waals surface area contributed by atoms with Crippen molar-refractivity contribution in [2.24, 2.45) is 0 Å². The molecule has 0 bridgehead atoms. The van der Waals surface area contributed by atoms with Crippen LogP contribution in [0.5, 0.6) is 0 Å². The second-order valence-electron chi connectivity index (χ2n) is 8.02. The number of aryl methyl sites for hydroxylation is 1. The average molecular weight is 370 g/mol. The molecule has 0 spiro atoms. The Morgan fingerprint density at radius 2 is 1.81 bits per heavy atom. The van der Waals surface area contributed by atoms with Crippen LogP contribution in [0.15, 0.2) is 28.8 Å². The fourth-order valence-corrected chi connectivity index (χ4v) is 3.58. The standard InChI is InChI=1S/C21H30N4O2/c1-14(2)19-22-20(27-23-19)17-10-12-25(13-11-17)21(26)18(24(4)5)16-8-6-15(3)7-9-16/h6-9,14,17-18H,10-13H2,1-5H3/t18-/m1/s1. The molecule has 6 heteroatoms. The zero-order valence-electron chi connectivity index (χ0n) is 17.0. The SMILES string of the molecule is Cc1ccc([C@H](C(=O)N2CCC(c3nc(C(C)C)no3)CC2)N(C)C)cc1. The molecule has 2 heterocycles. The first-order valence-electron chi connectivity index (χ1n) is 9.72. The van der Waals surface area contributed by atoms with Gasteiger partial charge in [-0.25, -0.2) is 0 Å². The number of nitrogens with zero attached hydrogens (tertiary/aromatic N) is 4. The third kappa shape index (κ3) is 4.38. The first kappa shape index (κ1) is 19.5. The van der Waals surface area contributed by atoms with Crippen LogP contribution in [0.4, 0.5) is 0 Å². The van der Waals surface area contributed by atoms with Gasteiger partial charge in [-0.15, -0.1) is 0 Å². The number of hydrogen-bond acceptors (Lipinski definition) is 5. The molecule has 3 rings (SSSR count). The van der Waals surface area contributed by atoms with E-state index in [9.17, 15) is 4.79 Å². The van der Waals surface area contributed by atoms with Crippen molar-refractivity contribution in [3.8, 4) is 0 Å². The van der Waals surface area contributed by atoms with E-state index in [-0.39, 0.29) is 23.8 Å². The molecule has 1 aliphatic heterocycles. The number of piperidine rings is 1. The predicted molar refractivity (Wildman–Crippen MR) is 105 cm³/mol. The van der Waals surface area contributed by atoms with Gasteiger partial charge in [0.15, 0.2) is 5.82 Å². The molecule has 0 aliphatic carbocycles. The van der Waals surface area contributed by atoms with E-state index < -0.39 is 0 Å². The van der Waals surface area contributed by atoms with Crippen LogP contribution in [0, 0.1) is 6.92 Å². The molecule has 1 fully saturated rings. The van der Waals surface area contributed by atoms with Gasteiger partial charge in [-0.05, 0) is 39.4 Å². The van der Waals surface area contributed by atoms with Gasteiger partial charge in [-0.1, -0.05) is 48.8 Å². The molecule has 0 radical (unpaired) electrons. The van der Waals surface area contributed by atoms with Crippen LogP contribution in [-0.2, 0) is 4.79 Å². The summed E-state index contributed by atoms with van der Waals surface area (Å²) in [6.45, 7) is 7.62. The number of likely N-dealkylation sites (tertiary alicyclic amines) is 1. The first-order chi connectivity index (χ1) is 12.9. The molecule has 27 heavy (non-hydrogen) atoms. The quantitative estimate of drug-likeness (QED) is 0.806. The van der Waals surface area contributed by atoms with Gasteiger partial charge >= 0.3 is 0 Å². The molecule has 146 valence electrons. The summed E-state index contributed by atoms with van der Waals surface area (Å²) in [6, 6.07) is 7.98. The van der Waals surface area contributed by atoms with Crippen LogP contribution >= 0.6 is 0 Å². The third-order valence-electron chi connectivity index (χ3n) is 5.27. The lowest BCUT2D eigenvalue weighted by molar-refractivity contribution is -0.137.